The number of β-amino-alcohol motifs (C(OH)–C–C–N with tert-alkyl or cyclic N) is 1. The third kappa shape index (κ3) is 2.54. The summed E-state index contributed by atoms with van der Waals surface area (Å²) >= 11 is 0. The number of rotatable bonds is 1. The van der Waals surface area contributed by atoms with E-state index in [1.165, 1.54) is 19.3 Å². The van der Waals surface area contributed by atoms with Gasteiger partial charge in [-0.3, -0.25) is 4.90 Å². The zero-order valence-corrected chi connectivity index (χ0v) is 11.5. The first kappa shape index (κ1) is 13.8. The molecule has 110 valence electrons. The van der Waals surface area contributed by atoms with Crippen LogP contribution in [0.1, 0.15) is 45.4 Å². The Hall–Kier alpha value is -0.200. The van der Waals surface area contributed by atoms with Gasteiger partial charge in [-0.15, -0.1) is 0 Å². The van der Waals surface area contributed by atoms with Crippen molar-refractivity contribution in [2.75, 3.05) is 6.54 Å². The van der Waals surface area contributed by atoms with E-state index in [1.54, 1.807) is 6.92 Å². The Morgan fingerprint density at radius 1 is 1.16 bits per heavy atom. The highest BCUT2D eigenvalue weighted by atomic mass is 16.6. The second-order valence-corrected chi connectivity index (χ2v) is 6.58. The molecule has 2 saturated heterocycles. The van der Waals surface area contributed by atoms with E-state index in [-0.39, 0.29) is 6.04 Å². The molecular formula is C14H25NO4. The number of ether oxygens (including phenoxy) is 1. The molecule has 2 heterocycles. The van der Waals surface area contributed by atoms with Gasteiger partial charge < -0.3 is 20.1 Å². The topological polar surface area (TPSA) is 73.2 Å². The highest BCUT2D eigenvalue weighted by Crippen LogP contribution is 2.39. The van der Waals surface area contributed by atoms with Crippen LogP contribution in [0.5, 0.6) is 0 Å². The standard InChI is InChI=1S/C14H25NO4/c1-14(18)7-10-13(19-14)12(17)11(16)8-15(10)9-5-3-2-4-6-9/h9-13,16-18H,2-8H2,1H3/t10-,11-,12-,13+,14-/m1/s1. The van der Waals surface area contributed by atoms with E-state index in [2.05, 4.69) is 4.90 Å². The Labute approximate surface area is 114 Å². The highest BCUT2D eigenvalue weighted by Gasteiger charge is 2.53. The van der Waals surface area contributed by atoms with Gasteiger partial charge in [-0.1, -0.05) is 19.3 Å². The van der Waals surface area contributed by atoms with Gasteiger partial charge >= 0.3 is 0 Å². The molecule has 0 bridgehead atoms. The fourth-order valence-corrected chi connectivity index (χ4v) is 4.04. The molecule has 3 aliphatic rings. The molecule has 3 rings (SSSR count). The molecule has 3 N–H and O–H groups in total. The molecule has 3 fully saturated rings. The first-order valence-electron chi connectivity index (χ1n) is 7.50. The van der Waals surface area contributed by atoms with Crippen LogP contribution in [0.15, 0.2) is 0 Å². The number of fused-ring (bicyclic) bond motifs is 1. The van der Waals surface area contributed by atoms with Crippen LogP contribution in [0.2, 0.25) is 0 Å². The lowest BCUT2D eigenvalue weighted by Gasteiger charge is -2.46. The van der Waals surface area contributed by atoms with Crippen molar-refractivity contribution in [3.8, 4) is 0 Å². The lowest BCUT2D eigenvalue weighted by molar-refractivity contribution is -0.215. The molecule has 1 aliphatic carbocycles. The average molecular weight is 271 g/mol. The molecule has 0 spiro atoms. The molecule has 1 saturated carbocycles. The Balaban J connectivity index is 1.79. The molecule has 0 amide bonds. The summed E-state index contributed by atoms with van der Waals surface area (Å²) in [5, 5.41) is 30.2. The lowest BCUT2D eigenvalue weighted by atomic mass is 9.86. The summed E-state index contributed by atoms with van der Waals surface area (Å²) in [4.78, 5) is 2.28. The summed E-state index contributed by atoms with van der Waals surface area (Å²) in [6.45, 7) is 2.13. The lowest BCUT2D eigenvalue weighted by Crippen LogP contribution is -2.62. The van der Waals surface area contributed by atoms with Crippen molar-refractivity contribution in [2.24, 2.45) is 0 Å². The first-order valence-corrected chi connectivity index (χ1v) is 7.50. The summed E-state index contributed by atoms with van der Waals surface area (Å²) in [6, 6.07) is 0.484. The van der Waals surface area contributed by atoms with Crippen LogP contribution in [-0.4, -0.2) is 62.9 Å². The maximum Gasteiger partial charge on any atom is 0.164 e. The Kier molecular flexibility index (Phi) is 3.60. The number of aliphatic hydroxyl groups excluding tert-OH is 2. The average Bonchev–Trinajstić information content (AvgIpc) is 2.71. The van der Waals surface area contributed by atoms with Gasteiger partial charge in [-0.25, -0.2) is 0 Å². The molecule has 19 heavy (non-hydrogen) atoms. The van der Waals surface area contributed by atoms with Crippen LogP contribution < -0.4 is 0 Å². The van der Waals surface area contributed by atoms with Gasteiger partial charge in [0, 0.05) is 25.0 Å². The van der Waals surface area contributed by atoms with Crippen molar-refractivity contribution in [3.05, 3.63) is 0 Å². The number of likely N-dealkylation sites (tertiary alicyclic amines) is 1. The summed E-state index contributed by atoms with van der Waals surface area (Å²) < 4.78 is 5.56. The van der Waals surface area contributed by atoms with E-state index < -0.39 is 24.1 Å². The van der Waals surface area contributed by atoms with Crippen LogP contribution in [0, 0.1) is 0 Å². The predicted octanol–water partition coefficient (Wildman–Crippen LogP) is 0.222. The third-order valence-electron chi connectivity index (χ3n) is 4.96. The van der Waals surface area contributed by atoms with Crippen LogP contribution in [0.3, 0.4) is 0 Å². The molecule has 0 aromatic carbocycles. The number of hydrogen-bond acceptors (Lipinski definition) is 5. The molecule has 0 aromatic rings. The van der Waals surface area contributed by atoms with Crippen LogP contribution in [0.25, 0.3) is 0 Å². The zero-order chi connectivity index (χ0) is 13.6. The predicted molar refractivity (Wildman–Crippen MR) is 69.5 cm³/mol. The van der Waals surface area contributed by atoms with Crippen molar-refractivity contribution in [2.45, 2.75) is 81.6 Å². The second kappa shape index (κ2) is 4.97. The van der Waals surface area contributed by atoms with Crippen LogP contribution >= 0.6 is 0 Å². The summed E-state index contributed by atoms with van der Waals surface area (Å²) in [5.74, 6) is -1.19. The van der Waals surface area contributed by atoms with Crippen molar-refractivity contribution < 1.29 is 20.1 Å². The van der Waals surface area contributed by atoms with Gasteiger partial charge in [0.15, 0.2) is 5.79 Å². The molecule has 0 aromatic heterocycles. The van der Waals surface area contributed by atoms with Gasteiger partial charge in [-0.2, -0.15) is 0 Å². The van der Waals surface area contributed by atoms with E-state index in [9.17, 15) is 15.3 Å². The van der Waals surface area contributed by atoms with Crippen LogP contribution in [0.4, 0.5) is 0 Å². The smallest absolute Gasteiger partial charge is 0.164 e. The Morgan fingerprint density at radius 2 is 1.84 bits per heavy atom. The first-order chi connectivity index (χ1) is 8.98. The summed E-state index contributed by atoms with van der Waals surface area (Å²) in [6.07, 6.45) is 4.41. The second-order valence-electron chi connectivity index (χ2n) is 6.58. The van der Waals surface area contributed by atoms with E-state index in [1.807, 2.05) is 0 Å². The minimum atomic E-state index is -1.19. The van der Waals surface area contributed by atoms with E-state index in [4.69, 9.17) is 4.74 Å². The molecule has 5 heteroatoms. The van der Waals surface area contributed by atoms with Gasteiger partial charge in [0.2, 0.25) is 0 Å². The van der Waals surface area contributed by atoms with E-state index in [0.29, 0.717) is 19.0 Å². The maximum atomic E-state index is 10.1. The minimum Gasteiger partial charge on any atom is -0.389 e. The Bertz CT molecular complexity index is 329. The molecule has 2 aliphatic heterocycles. The number of piperidine rings is 1. The summed E-state index contributed by atoms with van der Waals surface area (Å²) in [5.41, 5.74) is 0. The fourth-order valence-electron chi connectivity index (χ4n) is 4.04. The summed E-state index contributed by atoms with van der Waals surface area (Å²) in [7, 11) is 0. The van der Waals surface area contributed by atoms with Crippen molar-refractivity contribution in [1.82, 2.24) is 4.90 Å². The molecule has 0 radical (unpaired) electrons. The maximum absolute atomic E-state index is 10.1. The quantitative estimate of drug-likeness (QED) is 0.636. The van der Waals surface area contributed by atoms with Gasteiger partial charge in [-0.05, 0) is 19.8 Å². The van der Waals surface area contributed by atoms with Crippen molar-refractivity contribution in [1.29, 1.82) is 0 Å². The highest BCUT2D eigenvalue weighted by molar-refractivity contribution is 5.03. The molecular weight excluding hydrogens is 246 g/mol. The van der Waals surface area contributed by atoms with Gasteiger partial charge in [0.1, 0.15) is 12.2 Å². The molecule has 5 atom stereocenters. The largest absolute Gasteiger partial charge is 0.389 e. The van der Waals surface area contributed by atoms with Crippen LogP contribution in [-0.2, 0) is 4.74 Å². The van der Waals surface area contributed by atoms with Gasteiger partial charge in [0.25, 0.3) is 0 Å². The number of nitrogens with zero attached hydrogens (tertiary/aromatic N) is 1. The Morgan fingerprint density at radius 3 is 2.53 bits per heavy atom. The fraction of sp³-hybridized carbons (Fsp3) is 1.00. The van der Waals surface area contributed by atoms with E-state index in [0.717, 1.165) is 12.8 Å². The number of hydrogen-bond donors (Lipinski definition) is 3. The van der Waals surface area contributed by atoms with Crippen molar-refractivity contribution >= 4 is 0 Å². The minimum absolute atomic E-state index is 0.0245. The molecule has 0 unspecified atom stereocenters. The number of aliphatic hydroxyl groups is 3. The normalized spacial score (nSPS) is 49.3. The van der Waals surface area contributed by atoms with Gasteiger partial charge in [0.05, 0.1) is 6.10 Å². The SMILES string of the molecule is C[C@]1(O)C[C@@H]2[C@H](O1)[C@H](O)[C@H](O)CN2C1CCCCC1. The third-order valence-corrected chi connectivity index (χ3v) is 4.96. The molecule has 5 nitrogen and oxygen atoms in total. The van der Waals surface area contributed by atoms with Crippen molar-refractivity contribution in [3.63, 3.8) is 0 Å². The van der Waals surface area contributed by atoms with E-state index >= 15 is 0 Å². The zero-order valence-electron chi connectivity index (χ0n) is 11.5. The monoisotopic (exact) mass is 271 g/mol.